The van der Waals surface area contributed by atoms with E-state index in [-0.39, 0.29) is 12.4 Å². The number of rotatable bonds is 5. The van der Waals surface area contributed by atoms with Crippen molar-refractivity contribution in [3.05, 3.63) is 22.8 Å². The van der Waals surface area contributed by atoms with Crippen molar-refractivity contribution in [3.8, 4) is 5.88 Å². The van der Waals surface area contributed by atoms with Crippen molar-refractivity contribution in [2.45, 2.75) is 25.7 Å². The second kappa shape index (κ2) is 8.73. The van der Waals surface area contributed by atoms with Crippen LogP contribution in [0.15, 0.2) is 22.8 Å². The van der Waals surface area contributed by atoms with Crippen molar-refractivity contribution in [2.24, 2.45) is 5.92 Å². The average Bonchev–Trinajstić information content (AvgIpc) is 2.36. The van der Waals surface area contributed by atoms with Crippen LogP contribution in [0.3, 0.4) is 0 Å². The van der Waals surface area contributed by atoms with Gasteiger partial charge in [0.05, 0.1) is 6.61 Å². The van der Waals surface area contributed by atoms with E-state index in [4.69, 9.17) is 4.74 Å². The van der Waals surface area contributed by atoms with E-state index in [1.165, 1.54) is 32.4 Å². The summed E-state index contributed by atoms with van der Waals surface area (Å²) in [5.74, 6) is 1.60. The molecule has 2 rings (SSSR count). The van der Waals surface area contributed by atoms with Crippen molar-refractivity contribution in [1.82, 2.24) is 10.3 Å². The molecule has 0 amide bonds. The standard InChI is InChI=1S/C13H19BrN2O.ClH/c14-12-4-1-5-13(16-12)17-10-2-3-11-6-8-15-9-7-11;/h1,4-5,11,15H,2-3,6-10H2;1H. The number of halogens is 2. The van der Waals surface area contributed by atoms with Gasteiger partial charge in [-0.25, -0.2) is 4.98 Å². The Bertz CT molecular complexity index is 346. The summed E-state index contributed by atoms with van der Waals surface area (Å²) < 4.78 is 6.45. The van der Waals surface area contributed by atoms with Crippen molar-refractivity contribution in [2.75, 3.05) is 19.7 Å². The van der Waals surface area contributed by atoms with E-state index in [1.54, 1.807) is 0 Å². The molecule has 1 N–H and O–H groups in total. The van der Waals surface area contributed by atoms with Crippen LogP contribution in [-0.4, -0.2) is 24.7 Å². The van der Waals surface area contributed by atoms with Crippen LogP contribution in [0.5, 0.6) is 5.88 Å². The molecule has 0 saturated carbocycles. The maximum atomic E-state index is 5.62. The molecule has 1 aliphatic heterocycles. The number of aromatic nitrogens is 1. The summed E-state index contributed by atoms with van der Waals surface area (Å²) in [5, 5.41) is 3.39. The van der Waals surface area contributed by atoms with Crippen molar-refractivity contribution >= 4 is 28.3 Å². The molecule has 0 spiro atoms. The summed E-state index contributed by atoms with van der Waals surface area (Å²) >= 11 is 3.34. The summed E-state index contributed by atoms with van der Waals surface area (Å²) in [6.07, 6.45) is 5.03. The first-order valence-electron chi connectivity index (χ1n) is 6.30. The zero-order valence-corrected chi connectivity index (χ0v) is 12.8. The highest BCUT2D eigenvalue weighted by Gasteiger charge is 2.12. The van der Waals surface area contributed by atoms with Gasteiger partial charge in [-0.15, -0.1) is 12.4 Å². The number of ether oxygens (including phenoxy) is 1. The van der Waals surface area contributed by atoms with E-state index in [9.17, 15) is 0 Å². The molecule has 0 aromatic carbocycles. The summed E-state index contributed by atoms with van der Waals surface area (Å²) in [4.78, 5) is 4.24. The zero-order chi connectivity index (χ0) is 11.9. The molecule has 0 aliphatic carbocycles. The lowest BCUT2D eigenvalue weighted by Crippen LogP contribution is -2.27. The smallest absolute Gasteiger partial charge is 0.214 e. The average molecular weight is 336 g/mol. The van der Waals surface area contributed by atoms with Crippen LogP contribution in [0, 0.1) is 5.92 Å². The lowest BCUT2D eigenvalue weighted by molar-refractivity contribution is 0.266. The highest BCUT2D eigenvalue weighted by Crippen LogP contribution is 2.18. The van der Waals surface area contributed by atoms with Gasteiger partial charge in [-0.05, 0) is 66.7 Å². The zero-order valence-electron chi connectivity index (χ0n) is 10.4. The first-order chi connectivity index (χ1) is 8.34. The third-order valence-corrected chi connectivity index (χ3v) is 3.60. The number of nitrogens with one attached hydrogen (secondary N) is 1. The van der Waals surface area contributed by atoms with Crippen LogP contribution in [0.1, 0.15) is 25.7 Å². The van der Waals surface area contributed by atoms with E-state index < -0.39 is 0 Å². The van der Waals surface area contributed by atoms with E-state index in [0.717, 1.165) is 23.5 Å². The third-order valence-electron chi connectivity index (χ3n) is 3.15. The lowest BCUT2D eigenvalue weighted by atomic mass is 9.93. The second-order valence-electron chi connectivity index (χ2n) is 4.48. The highest BCUT2D eigenvalue weighted by molar-refractivity contribution is 9.10. The number of piperidine rings is 1. The van der Waals surface area contributed by atoms with Gasteiger partial charge in [-0.1, -0.05) is 6.07 Å². The molecule has 2 heterocycles. The van der Waals surface area contributed by atoms with Gasteiger partial charge in [-0.3, -0.25) is 0 Å². The van der Waals surface area contributed by atoms with Gasteiger partial charge in [0.1, 0.15) is 4.60 Å². The number of hydrogen-bond donors (Lipinski definition) is 1. The van der Waals surface area contributed by atoms with Crippen LogP contribution in [-0.2, 0) is 0 Å². The predicted octanol–water partition coefficient (Wildman–Crippen LogP) is 3.42. The van der Waals surface area contributed by atoms with E-state index in [2.05, 4.69) is 26.2 Å². The molecule has 0 radical (unpaired) electrons. The number of nitrogens with zero attached hydrogens (tertiary/aromatic N) is 1. The van der Waals surface area contributed by atoms with Crippen molar-refractivity contribution in [3.63, 3.8) is 0 Å². The Morgan fingerprint density at radius 2 is 2.11 bits per heavy atom. The molecule has 18 heavy (non-hydrogen) atoms. The van der Waals surface area contributed by atoms with Crippen molar-refractivity contribution in [1.29, 1.82) is 0 Å². The Morgan fingerprint density at radius 3 is 2.83 bits per heavy atom. The van der Waals surface area contributed by atoms with Gasteiger partial charge in [0.15, 0.2) is 0 Å². The molecule has 1 aromatic rings. The van der Waals surface area contributed by atoms with Crippen LogP contribution in [0.2, 0.25) is 0 Å². The molecule has 1 saturated heterocycles. The molecular formula is C13H20BrClN2O. The molecule has 0 atom stereocenters. The fraction of sp³-hybridized carbons (Fsp3) is 0.615. The summed E-state index contributed by atoms with van der Waals surface area (Å²) in [7, 11) is 0. The first kappa shape index (κ1) is 15.7. The van der Waals surface area contributed by atoms with Gasteiger partial charge in [0.2, 0.25) is 5.88 Å². The van der Waals surface area contributed by atoms with E-state index in [0.29, 0.717) is 5.88 Å². The Balaban J connectivity index is 0.00000162. The Kier molecular flexibility index (Phi) is 7.63. The summed E-state index contributed by atoms with van der Waals surface area (Å²) in [6, 6.07) is 5.75. The molecule has 102 valence electrons. The van der Waals surface area contributed by atoms with Gasteiger partial charge in [-0.2, -0.15) is 0 Å². The predicted molar refractivity (Wildman–Crippen MR) is 79.5 cm³/mol. The molecule has 0 bridgehead atoms. The highest BCUT2D eigenvalue weighted by atomic mass is 79.9. The number of hydrogen-bond acceptors (Lipinski definition) is 3. The molecule has 1 fully saturated rings. The topological polar surface area (TPSA) is 34.1 Å². The Hall–Kier alpha value is -0.320. The fourth-order valence-electron chi connectivity index (χ4n) is 2.19. The molecule has 3 nitrogen and oxygen atoms in total. The molecule has 0 unspecified atom stereocenters. The normalized spacial score (nSPS) is 16.1. The van der Waals surface area contributed by atoms with E-state index >= 15 is 0 Å². The largest absolute Gasteiger partial charge is 0.478 e. The van der Waals surface area contributed by atoms with Crippen LogP contribution in [0.25, 0.3) is 0 Å². The van der Waals surface area contributed by atoms with E-state index in [1.807, 2.05) is 18.2 Å². The van der Waals surface area contributed by atoms with Gasteiger partial charge in [0.25, 0.3) is 0 Å². The molecule has 1 aromatic heterocycles. The Labute approximate surface area is 123 Å². The minimum atomic E-state index is 0. The first-order valence-corrected chi connectivity index (χ1v) is 7.10. The number of pyridine rings is 1. The molecule has 1 aliphatic rings. The van der Waals surface area contributed by atoms with Crippen LogP contribution in [0.4, 0.5) is 0 Å². The molecular weight excluding hydrogens is 316 g/mol. The third kappa shape index (κ3) is 5.55. The summed E-state index contributed by atoms with van der Waals surface area (Å²) in [5.41, 5.74) is 0. The van der Waals surface area contributed by atoms with Gasteiger partial charge >= 0.3 is 0 Å². The Morgan fingerprint density at radius 1 is 1.33 bits per heavy atom. The SMILES string of the molecule is Brc1cccc(OCCCC2CCNCC2)n1.Cl. The quantitative estimate of drug-likeness (QED) is 0.661. The van der Waals surface area contributed by atoms with Gasteiger partial charge < -0.3 is 10.1 Å². The second-order valence-corrected chi connectivity index (χ2v) is 5.30. The van der Waals surface area contributed by atoms with Crippen LogP contribution < -0.4 is 10.1 Å². The lowest BCUT2D eigenvalue weighted by Gasteiger charge is -2.22. The van der Waals surface area contributed by atoms with Crippen LogP contribution >= 0.6 is 28.3 Å². The summed E-state index contributed by atoms with van der Waals surface area (Å²) in [6.45, 7) is 3.13. The van der Waals surface area contributed by atoms with Crippen molar-refractivity contribution < 1.29 is 4.74 Å². The fourth-order valence-corrected chi connectivity index (χ4v) is 2.52. The maximum Gasteiger partial charge on any atom is 0.214 e. The van der Waals surface area contributed by atoms with Gasteiger partial charge in [0, 0.05) is 6.07 Å². The minimum Gasteiger partial charge on any atom is -0.478 e. The molecule has 5 heteroatoms. The minimum absolute atomic E-state index is 0. The maximum absolute atomic E-state index is 5.62. The monoisotopic (exact) mass is 334 g/mol.